The first kappa shape index (κ1) is 15.1. The molecule has 0 spiro atoms. The van der Waals surface area contributed by atoms with E-state index in [0.717, 1.165) is 23.4 Å². The van der Waals surface area contributed by atoms with Crippen LogP contribution >= 0.6 is 0 Å². The first-order valence-electron chi connectivity index (χ1n) is 7.23. The first-order valence-corrected chi connectivity index (χ1v) is 7.23. The van der Waals surface area contributed by atoms with E-state index >= 15 is 0 Å². The van der Waals surface area contributed by atoms with Crippen molar-refractivity contribution in [3.05, 3.63) is 59.7 Å². The molecule has 2 aromatic rings. The molecule has 21 heavy (non-hydrogen) atoms. The number of aryl methyl sites for hydroxylation is 2. The van der Waals surface area contributed by atoms with Gasteiger partial charge < -0.3 is 10.1 Å². The van der Waals surface area contributed by atoms with Crippen LogP contribution in [0.2, 0.25) is 0 Å². The minimum absolute atomic E-state index is 0.0224. The number of rotatable bonds is 6. The van der Waals surface area contributed by atoms with E-state index in [4.69, 9.17) is 4.74 Å². The van der Waals surface area contributed by atoms with E-state index in [1.54, 1.807) is 7.11 Å². The van der Waals surface area contributed by atoms with Gasteiger partial charge in [-0.05, 0) is 42.2 Å². The third-order valence-corrected chi connectivity index (χ3v) is 3.43. The molecular formula is C18H21NO2. The minimum Gasteiger partial charge on any atom is -0.496 e. The maximum Gasteiger partial charge on any atom is 0.224 e. The van der Waals surface area contributed by atoms with Crippen molar-refractivity contribution in [2.45, 2.75) is 26.2 Å². The van der Waals surface area contributed by atoms with Gasteiger partial charge in [-0.1, -0.05) is 37.3 Å². The zero-order chi connectivity index (χ0) is 15.1. The summed E-state index contributed by atoms with van der Waals surface area (Å²) in [4.78, 5) is 12.0. The quantitative estimate of drug-likeness (QED) is 0.875. The van der Waals surface area contributed by atoms with Crippen LogP contribution in [0.15, 0.2) is 48.5 Å². The van der Waals surface area contributed by atoms with E-state index in [2.05, 4.69) is 18.3 Å². The highest BCUT2D eigenvalue weighted by Crippen LogP contribution is 2.19. The molecule has 0 saturated heterocycles. The van der Waals surface area contributed by atoms with E-state index in [-0.39, 0.29) is 5.91 Å². The van der Waals surface area contributed by atoms with Crippen LogP contribution in [0.4, 0.5) is 5.69 Å². The fourth-order valence-electron chi connectivity index (χ4n) is 2.25. The molecule has 0 aliphatic carbocycles. The molecule has 0 unspecified atom stereocenters. The molecule has 0 fully saturated rings. The highest BCUT2D eigenvalue weighted by atomic mass is 16.5. The second-order valence-electron chi connectivity index (χ2n) is 4.91. The van der Waals surface area contributed by atoms with Crippen LogP contribution in [-0.2, 0) is 17.6 Å². The normalized spacial score (nSPS) is 10.2. The van der Waals surface area contributed by atoms with Gasteiger partial charge in [-0.25, -0.2) is 0 Å². The van der Waals surface area contributed by atoms with E-state index in [1.807, 2.05) is 42.5 Å². The Kier molecular flexibility index (Phi) is 5.38. The number of hydrogen-bond acceptors (Lipinski definition) is 2. The Balaban J connectivity index is 1.92. The first-order chi connectivity index (χ1) is 10.2. The van der Waals surface area contributed by atoms with Crippen LogP contribution in [0, 0.1) is 0 Å². The van der Waals surface area contributed by atoms with Crippen molar-refractivity contribution < 1.29 is 9.53 Å². The number of anilines is 1. The van der Waals surface area contributed by atoms with Gasteiger partial charge in [0.05, 0.1) is 7.11 Å². The molecule has 2 rings (SSSR count). The van der Waals surface area contributed by atoms with Gasteiger partial charge in [-0.2, -0.15) is 0 Å². The molecule has 0 aliphatic heterocycles. The standard InChI is InChI=1S/C18H21NO2/c1-3-14-7-6-9-16(13-14)19-18(20)12-11-15-8-4-5-10-17(15)21-2/h4-10,13H,3,11-12H2,1-2H3,(H,19,20). The molecule has 1 N–H and O–H groups in total. The van der Waals surface area contributed by atoms with Crippen LogP contribution in [0.5, 0.6) is 5.75 Å². The van der Waals surface area contributed by atoms with Gasteiger partial charge in [-0.3, -0.25) is 4.79 Å². The Morgan fingerprint density at radius 1 is 1.14 bits per heavy atom. The summed E-state index contributed by atoms with van der Waals surface area (Å²) in [6, 6.07) is 15.8. The maximum absolute atomic E-state index is 12.0. The molecule has 3 heteroatoms. The van der Waals surface area contributed by atoms with Crippen LogP contribution < -0.4 is 10.1 Å². The molecule has 0 aliphatic rings. The SMILES string of the molecule is CCc1cccc(NC(=O)CCc2ccccc2OC)c1. The monoisotopic (exact) mass is 283 g/mol. The second-order valence-corrected chi connectivity index (χ2v) is 4.91. The number of nitrogens with one attached hydrogen (secondary N) is 1. The number of benzene rings is 2. The van der Waals surface area contributed by atoms with Crippen LogP contribution in [-0.4, -0.2) is 13.0 Å². The zero-order valence-corrected chi connectivity index (χ0v) is 12.6. The summed E-state index contributed by atoms with van der Waals surface area (Å²) in [6.45, 7) is 2.10. The average Bonchev–Trinajstić information content (AvgIpc) is 2.53. The Bertz CT molecular complexity index is 608. The molecule has 1 amide bonds. The Hall–Kier alpha value is -2.29. The van der Waals surface area contributed by atoms with E-state index in [1.165, 1.54) is 5.56 Å². The van der Waals surface area contributed by atoms with Crippen molar-refractivity contribution in [1.29, 1.82) is 0 Å². The van der Waals surface area contributed by atoms with Gasteiger partial charge in [0.2, 0.25) is 5.91 Å². The summed E-state index contributed by atoms with van der Waals surface area (Å²) < 4.78 is 5.29. The number of para-hydroxylation sites is 1. The molecule has 0 bridgehead atoms. The Morgan fingerprint density at radius 3 is 2.71 bits per heavy atom. The molecule has 0 saturated carbocycles. The van der Waals surface area contributed by atoms with Crippen molar-refractivity contribution in [3.63, 3.8) is 0 Å². The number of carbonyl (C=O) groups excluding carboxylic acids is 1. The van der Waals surface area contributed by atoms with Crippen LogP contribution in [0.25, 0.3) is 0 Å². The van der Waals surface area contributed by atoms with Crippen molar-refractivity contribution >= 4 is 11.6 Å². The predicted molar refractivity (Wildman–Crippen MR) is 85.8 cm³/mol. The summed E-state index contributed by atoms with van der Waals surface area (Å²) >= 11 is 0. The summed E-state index contributed by atoms with van der Waals surface area (Å²) in [6.07, 6.45) is 2.07. The van der Waals surface area contributed by atoms with Crippen LogP contribution in [0.1, 0.15) is 24.5 Å². The number of hydrogen-bond donors (Lipinski definition) is 1. The number of carbonyl (C=O) groups is 1. The topological polar surface area (TPSA) is 38.3 Å². The van der Waals surface area contributed by atoms with Gasteiger partial charge in [0.15, 0.2) is 0 Å². The Morgan fingerprint density at radius 2 is 1.95 bits per heavy atom. The van der Waals surface area contributed by atoms with Gasteiger partial charge in [0, 0.05) is 12.1 Å². The van der Waals surface area contributed by atoms with Crippen LogP contribution in [0.3, 0.4) is 0 Å². The molecular weight excluding hydrogens is 262 g/mol. The van der Waals surface area contributed by atoms with E-state index in [0.29, 0.717) is 12.8 Å². The number of ether oxygens (including phenoxy) is 1. The molecule has 0 radical (unpaired) electrons. The van der Waals surface area contributed by atoms with Gasteiger partial charge in [-0.15, -0.1) is 0 Å². The summed E-state index contributed by atoms with van der Waals surface area (Å²) in [5, 5.41) is 2.94. The molecule has 0 heterocycles. The maximum atomic E-state index is 12.0. The second kappa shape index (κ2) is 7.48. The molecule has 2 aromatic carbocycles. The van der Waals surface area contributed by atoms with Crippen molar-refractivity contribution in [3.8, 4) is 5.75 Å². The van der Waals surface area contributed by atoms with Crippen molar-refractivity contribution in [2.75, 3.05) is 12.4 Å². The average molecular weight is 283 g/mol. The molecule has 110 valence electrons. The summed E-state index contributed by atoms with van der Waals surface area (Å²) in [5.41, 5.74) is 3.13. The fourth-order valence-corrected chi connectivity index (χ4v) is 2.25. The number of methoxy groups -OCH3 is 1. The molecule has 0 atom stereocenters. The third-order valence-electron chi connectivity index (χ3n) is 3.43. The van der Waals surface area contributed by atoms with E-state index < -0.39 is 0 Å². The third kappa shape index (κ3) is 4.35. The van der Waals surface area contributed by atoms with Gasteiger partial charge in [0.1, 0.15) is 5.75 Å². The lowest BCUT2D eigenvalue weighted by Gasteiger charge is -2.09. The highest BCUT2D eigenvalue weighted by molar-refractivity contribution is 5.90. The lowest BCUT2D eigenvalue weighted by Crippen LogP contribution is -2.12. The largest absolute Gasteiger partial charge is 0.496 e. The Labute approximate surface area is 126 Å². The predicted octanol–water partition coefficient (Wildman–Crippen LogP) is 3.83. The smallest absolute Gasteiger partial charge is 0.224 e. The molecule has 3 nitrogen and oxygen atoms in total. The zero-order valence-electron chi connectivity index (χ0n) is 12.6. The van der Waals surface area contributed by atoms with Gasteiger partial charge >= 0.3 is 0 Å². The summed E-state index contributed by atoms with van der Waals surface area (Å²) in [7, 11) is 1.65. The highest BCUT2D eigenvalue weighted by Gasteiger charge is 2.06. The van der Waals surface area contributed by atoms with Crippen molar-refractivity contribution in [1.82, 2.24) is 0 Å². The minimum atomic E-state index is 0.0224. The number of amides is 1. The fraction of sp³-hybridized carbons (Fsp3) is 0.278. The van der Waals surface area contributed by atoms with Crippen molar-refractivity contribution in [2.24, 2.45) is 0 Å². The lowest BCUT2D eigenvalue weighted by molar-refractivity contribution is -0.116. The van der Waals surface area contributed by atoms with E-state index in [9.17, 15) is 4.79 Å². The summed E-state index contributed by atoms with van der Waals surface area (Å²) in [5.74, 6) is 0.854. The molecule has 0 aromatic heterocycles. The lowest BCUT2D eigenvalue weighted by atomic mass is 10.1. The van der Waals surface area contributed by atoms with Gasteiger partial charge in [0.25, 0.3) is 0 Å².